The van der Waals surface area contributed by atoms with Gasteiger partial charge in [-0.1, -0.05) is 44.2 Å². The number of nitrogens with one attached hydrogen (secondary N) is 1. The van der Waals surface area contributed by atoms with Crippen LogP contribution in [0.4, 0.5) is 5.69 Å². The van der Waals surface area contributed by atoms with Gasteiger partial charge < -0.3 is 10.6 Å². The van der Waals surface area contributed by atoms with Crippen LogP contribution < -0.4 is 10.6 Å². The number of nitrogens with two attached hydrogens (primary N) is 1. The molecule has 0 aliphatic rings. The number of aryl methyl sites for hydroxylation is 2. The van der Waals surface area contributed by atoms with Gasteiger partial charge in [0.25, 0.3) is 5.91 Å². The topological polar surface area (TPSA) is 83.1 Å². The van der Waals surface area contributed by atoms with Crippen molar-refractivity contribution in [2.75, 3.05) is 25.0 Å². The number of carbonyl (C=O) groups excluding carboxylic acids is 1. The van der Waals surface area contributed by atoms with E-state index < -0.39 is 10.0 Å². The van der Waals surface area contributed by atoms with Gasteiger partial charge in [0.05, 0.1) is 4.90 Å². The highest BCUT2D eigenvalue weighted by Gasteiger charge is 2.22. The molecule has 0 saturated carbocycles. The third kappa shape index (κ3) is 5.65. The molecule has 2 rings (SSSR count). The highest BCUT2D eigenvalue weighted by atomic mass is 32.2. The summed E-state index contributed by atoms with van der Waals surface area (Å²) in [6.07, 6.45) is 0. The second-order valence-electron chi connectivity index (χ2n) is 7.20. The molecule has 3 N–H and O–H groups in total. The predicted molar refractivity (Wildman–Crippen MR) is 116 cm³/mol. The van der Waals surface area contributed by atoms with Gasteiger partial charge in [0.2, 0.25) is 10.0 Å². The molecule has 2 aromatic carbocycles. The van der Waals surface area contributed by atoms with Crippen LogP contribution in [0.5, 0.6) is 0 Å². The quantitative estimate of drug-likeness (QED) is 0.657. The molecule has 2 aromatic rings. The van der Waals surface area contributed by atoms with Crippen LogP contribution in [0.2, 0.25) is 0 Å². The van der Waals surface area contributed by atoms with Crippen molar-refractivity contribution in [3.05, 3.63) is 59.2 Å². The Labute approximate surface area is 174 Å². The lowest BCUT2D eigenvalue weighted by atomic mass is 10.1. The minimum atomic E-state index is -3.45. The molecule has 0 bridgehead atoms. The van der Waals surface area contributed by atoms with Gasteiger partial charge in [-0.15, -0.1) is 0 Å². The number of sulfonamides is 1. The Morgan fingerprint density at radius 2 is 1.59 bits per heavy atom. The van der Waals surface area contributed by atoms with Crippen molar-refractivity contribution < 1.29 is 18.5 Å². The molecule has 158 valence electrons. The molecule has 7 heteroatoms. The van der Waals surface area contributed by atoms with Gasteiger partial charge in [-0.25, -0.2) is 8.42 Å². The van der Waals surface area contributed by atoms with E-state index in [1.54, 1.807) is 12.1 Å². The summed E-state index contributed by atoms with van der Waals surface area (Å²) in [5.74, 6) is -0.0602. The van der Waals surface area contributed by atoms with Crippen molar-refractivity contribution in [3.8, 4) is 0 Å². The van der Waals surface area contributed by atoms with Crippen molar-refractivity contribution >= 4 is 21.6 Å². The molecule has 0 fully saturated rings. The zero-order chi connectivity index (χ0) is 21.6. The Morgan fingerprint density at radius 1 is 1.03 bits per heavy atom. The van der Waals surface area contributed by atoms with Crippen LogP contribution in [0.1, 0.15) is 43.5 Å². The fraction of sp³-hybridized carbons (Fsp3) is 0.409. The number of rotatable bonds is 9. The third-order valence-electron chi connectivity index (χ3n) is 5.15. The van der Waals surface area contributed by atoms with E-state index in [0.29, 0.717) is 18.0 Å². The molecule has 6 nitrogen and oxygen atoms in total. The second kappa shape index (κ2) is 10.0. The zero-order valence-corrected chi connectivity index (χ0v) is 18.7. The molecule has 0 radical (unpaired) electrons. The number of quaternary nitrogens is 1. The van der Waals surface area contributed by atoms with Gasteiger partial charge in [0, 0.05) is 24.3 Å². The van der Waals surface area contributed by atoms with Crippen LogP contribution in [0.25, 0.3) is 0 Å². The van der Waals surface area contributed by atoms with Crippen molar-refractivity contribution in [1.82, 2.24) is 4.31 Å². The maximum absolute atomic E-state index is 12.6. The van der Waals surface area contributed by atoms with Crippen LogP contribution in [0, 0.1) is 13.8 Å². The molecule has 0 spiro atoms. The van der Waals surface area contributed by atoms with Gasteiger partial charge in [-0.05, 0) is 44.0 Å². The molecule has 0 unspecified atom stereocenters. The van der Waals surface area contributed by atoms with E-state index in [1.165, 1.54) is 4.31 Å². The minimum absolute atomic E-state index is 0.0314. The van der Waals surface area contributed by atoms with Gasteiger partial charge in [-0.2, -0.15) is 4.31 Å². The molecule has 29 heavy (non-hydrogen) atoms. The average Bonchev–Trinajstić information content (AvgIpc) is 2.70. The van der Waals surface area contributed by atoms with Gasteiger partial charge in [0.1, 0.15) is 6.04 Å². The van der Waals surface area contributed by atoms with Gasteiger partial charge in [-0.3, -0.25) is 4.79 Å². The number of anilines is 1. The number of nitrogens with zero attached hydrogens (tertiary/aromatic N) is 1. The second-order valence-corrected chi connectivity index (χ2v) is 9.14. The van der Waals surface area contributed by atoms with E-state index in [2.05, 4.69) is 5.32 Å². The first-order chi connectivity index (χ1) is 13.7. The number of amides is 1. The number of hydrogen-bond acceptors (Lipinski definition) is 3. The van der Waals surface area contributed by atoms with E-state index >= 15 is 0 Å². The minimum Gasteiger partial charge on any atom is -0.333 e. The monoisotopic (exact) mass is 418 g/mol. The van der Waals surface area contributed by atoms with E-state index in [1.807, 2.05) is 70.3 Å². The Balaban J connectivity index is 1.99. The fourth-order valence-electron chi connectivity index (χ4n) is 3.28. The first-order valence-electron chi connectivity index (χ1n) is 10.00. The molecule has 0 aromatic heterocycles. The molecule has 0 saturated heterocycles. The largest absolute Gasteiger partial charge is 0.333 e. The summed E-state index contributed by atoms with van der Waals surface area (Å²) in [7, 11) is -3.45. The average molecular weight is 419 g/mol. The standard InChI is InChI=1S/C22H31N3O3S/c1-6-25(7-2)29(27,28)20-13-11-19(12-14-20)18(5)23-15-21(26)24-22-16(3)9-8-10-17(22)4/h8-14,18,23H,6-7,15H2,1-5H3,(H,24,26)/p+1/t18-/m0/s1. The van der Waals surface area contributed by atoms with Crippen molar-refractivity contribution in [2.24, 2.45) is 0 Å². The normalized spacial score (nSPS) is 12.8. The lowest BCUT2D eigenvalue weighted by Crippen LogP contribution is -2.86. The van der Waals surface area contributed by atoms with Crippen LogP contribution in [-0.4, -0.2) is 38.3 Å². The zero-order valence-electron chi connectivity index (χ0n) is 17.9. The molecule has 0 aliphatic heterocycles. The molecular weight excluding hydrogens is 386 g/mol. The summed E-state index contributed by atoms with van der Waals surface area (Å²) in [6, 6.07) is 12.9. The molecule has 0 aliphatic carbocycles. The van der Waals surface area contributed by atoms with Crippen LogP contribution >= 0.6 is 0 Å². The smallest absolute Gasteiger partial charge is 0.279 e. The van der Waals surface area contributed by atoms with Crippen LogP contribution in [0.3, 0.4) is 0 Å². The highest BCUT2D eigenvalue weighted by molar-refractivity contribution is 7.89. The summed E-state index contributed by atoms with van der Waals surface area (Å²) in [5.41, 5.74) is 3.92. The van der Waals surface area contributed by atoms with Crippen LogP contribution in [0.15, 0.2) is 47.4 Å². The lowest BCUT2D eigenvalue weighted by Gasteiger charge is -2.19. The van der Waals surface area contributed by atoms with E-state index in [-0.39, 0.29) is 18.5 Å². The van der Waals surface area contributed by atoms with E-state index in [0.717, 1.165) is 22.4 Å². The first kappa shape index (κ1) is 23.1. The number of benzene rings is 2. The third-order valence-corrected chi connectivity index (χ3v) is 7.22. The molecule has 1 atom stereocenters. The van der Waals surface area contributed by atoms with E-state index in [9.17, 15) is 13.2 Å². The van der Waals surface area contributed by atoms with Crippen LogP contribution in [-0.2, 0) is 14.8 Å². The maximum Gasteiger partial charge on any atom is 0.279 e. The Hall–Kier alpha value is -2.22. The molecular formula is C22H32N3O3S+. The van der Waals surface area contributed by atoms with Crippen molar-refractivity contribution in [3.63, 3.8) is 0 Å². The Kier molecular flexibility index (Phi) is 7.96. The summed E-state index contributed by atoms with van der Waals surface area (Å²) in [5, 5.41) is 4.93. The summed E-state index contributed by atoms with van der Waals surface area (Å²) < 4.78 is 26.6. The SMILES string of the molecule is CCN(CC)S(=O)(=O)c1ccc([C@H](C)[NH2+]CC(=O)Nc2c(C)cccc2C)cc1. The fourth-order valence-corrected chi connectivity index (χ4v) is 4.74. The highest BCUT2D eigenvalue weighted by Crippen LogP contribution is 2.19. The summed E-state index contributed by atoms with van der Waals surface area (Å²) >= 11 is 0. The Bertz CT molecular complexity index is 916. The molecule has 0 heterocycles. The van der Waals surface area contributed by atoms with E-state index in [4.69, 9.17) is 0 Å². The lowest BCUT2D eigenvalue weighted by molar-refractivity contribution is -0.682. The Morgan fingerprint density at radius 3 is 2.10 bits per heavy atom. The van der Waals surface area contributed by atoms with Gasteiger partial charge >= 0.3 is 0 Å². The molecule has 1 amide bonds. The predicted octanol–water partition coefficient (Wildman–Crippen LogP) is 2.60. The number of carbonyl (C=O) groups is 1. The summed E-state index contributed by atoms with van der Waals surface area (Å²) in [6.45, 7) is 10.8. The van der Waals surface area contributed by atoms with Gasteiger partial charge in [0.15, 0.2) is 6.54 Å². The van der Waals surface area contributed by atoms with Crippen molar-refractivity contribution in [2.45, 2.75) is 45.6 Å². The summed E-state index contributed by atoms with van der Waals surface area (Å²) in [4.78, 5) is 12.6. The first-order valence-corrected chi connectivity index (χ1v) is 11.4. The number of para-hydroxylation sites is 1. The van der Waals surface area contributed by atoms with Crippen molar-refractivity contribution in [1.29, 1.82) is 0 Å². The maximum atomic E-state index is 12.6. The number of hydrogen-bond donors (Lipinski definition) is 2.